The molecule has 0 amide bonds. The van der Waals surface area contributed by atoms with Crippen LogP contribution >= 0.6 is 31.9 Å². The van der Waals surface area contributed by atoms with E-state index < -0.39 is 0 Å². The van der Waals surface area contributed by atoms with E-state index in [4.69, 9.17) is 0 Å². The normalized spacial score (nSPS) is 23.5. The maximum Gasteiger partial charge on any atom is -0.00483 e. The highest BCUT2D eigenvalue weighted by Crippen LogP contribution is 2.48. The lowest BCUT2D eigenvalue weighted by Gasteiger charge is -2.35. The zero-order valence-electron chi connectivity index (χ0n) is 15.8. The van der Waals surface area contributed by atoms with Crippen molar-refractivity contribution in [3.8, 4) is 0 Å². The molecule has 0 aromatic rings. The first-order chi connectivity index (χ1) is 11.7. The molecule has 2 unspecified atom stereocenters. The standard InChI is InChI=1S/C22H36Br2/c1-3-5-7-9-11-17-15-21(23)19(17)13-14-20-18(16-22(20)24)12-10-8-6-4-2/h17-18H,3-16H2,1-2H3. The highest BCUT2D eigenvalue weighted by Gasteiger charge is 2.31. The van der Waals surface area contributed by atoms with Crippen LogP contribution in [0.3, 0.4) is 0 Å². The van der Waals surface area contributed by atoms with Crippen LogP contribution in [0, 0.1) is 11.8 Å². The number of halogens is 2. The van der Waals surface area contributed by atoms with Gasteiger partial charge in [-0.3, -0.25) is 0 Å². The van der Waals surface area contributed by atoms with Crippen LogP contribution < -0.4 is 0 Å². The van der Waals surface area contributed by atoms with E-state index in [1.165, 1.54) is 98.9 Å². The number of hydrogen-bond acceptors (Lipinski definition) is 0. The summed E-state index contributed by atoms with van der Waals surface area (Å²) < 4.78 is 3.05. The molecule has 24 heavy (non-hydrogen) atoms. The topological polar surface area (TPSA) is 0 Å². The Kier molecular flexibility index (Phi) is 9.70. The lowest BCUT2D eigenvalue weighted by Crippen LogP contribution is -2.20. The van der Waals surface area contributed by atoms with Gasteiger partial charge in [-0.05, 0) is 59.3 Å². The van der Waals surface area contributed by atoms with Gasteiger partial charge in [0.1, 0.15) is 0 Å². The van der Waals surface area contributed by atoms with Gasteiger partial charge < -0.3 is 0 Å². The average Bonchev–Trinajstić information content (AvgIpc) is 2.57. The van der Waals surface area contributed by atoms with Crippen molar-refractivity contribution in [2.75, 3.05) is 0 Å². The lowest BCUT2D eigenvalue weighted by atomic mass is 9.74. The predicted molar refractivity (Wildman–Crippen MR) is 115 cm³/mol. The Morgan fingerprint density at radius 3 is 1.42 bits per heavy atom. The van der Waals surface area contributed by atoms with E-state index in [0.29, 0.717) is 0 Å². The van der Waals surface area contributed by atoms with Crippen LogP contribution in [-0.2, 0) is 0 Å². The molecule has 0 heterocycles. The first kappa shape index (κ1) is 20.7. The smallest absolute Gasteiger partial charge is 0.00483 e. The summed E-state index contributed by atoms with van der Waals surface area (Å²) in [6, 6.07) is 0. The molecule has 0 N–H and O–H groups in total. The Labute approximate surface area is 167 Å². The molecule has 2 aliphatic rings. The Balaban J connectivity index is 1.69. The Bertz CT molecular complexity index is 405. The van der Waals surface area contributed by atoms with Crippen LogP contribution in [0.4, 0.5) is 0 Å². The van der Waals surface area contributed by atoms with E-state index in [1.54, 1.807) is 11.1 Å². The summed E-state index contributed by atoms with van der Waals surface area (Å²) >= 11 is 7.64. The maximum atomic E-state index is 3.82. The van der Waals surface area contributed by atoms with Crippen LogP contribution in [0.2, 0.25) is 0 Å². The van der Waals surface area contributed by atoms with Crippen molar-refractivity contribution in [2.45, 2.75) is 104 Å². The molecule has 0 saturated heterocycles. The van der Waals surface area contributed by atoms with E-state index >= 15 is 0 Å². The summed E-state index contributed by atoms with van der Waals surface area (Å²) in [7, 11) is 0. The van der Waals surface area contributed by atoms with E-state index in [1.807, 2.05) is 0 Å². The summed E-state index contributed by atoms with van der Waals surface area (Å²) in [6.07, 6.45) is 19.3. The molecule has 0 aromatic heterocycles. The van der Waals surface area contributed by atoms with E-state index in [0.717, 1.165) is 11.8 Å². The molecule has 0 spiro atoms. The van der Waals surface area contributed by atoms with Crippen LogP contribution in [0.15, 0.2) is 20.1 Å². The molecule has 138 valence electrons. The van der Waals surface area contributed by atoms with Crippen molar-refractivity contribution in [3.63, 3.8) is 0 Å². The van der Waals surface area contributed by atoms with Gasteiger partial charge in [0.25, 0.3) is 0 Å². The first-order valence-corrected chi connectivity index (χ1v) is 12.0. The van der Waals surface area contributed by atoms with Gasteiger partial charge in [-0.2, -0.15) is 0 Å². The van der Waals surface area contributed by atoms with Crippen molar-refractivity contribution in [1.82, 2.24) is 0 Å². The molecule has 0 fully saturated rings. The van der Waals surface area contributed by atoms with Gasteiger partial charge in [-0.1, -0.05) is 108 Å². The third-order valence-electron chi connectivity index (χ3n) is 6.01. The van der Waals surface area contributed by atoms with Gasteiger partial charge in [-0.15, -0.1) is 0 Å². The Hall–Kier alpha value is 0.440. The maximum absolute atomic E-state index is 3.82. The second kappa shape index (κ2) is 11.2. The van der Waals surface area contributed by atoms with Gasteiger partial charge in [-0.25, -0.2) is 0 Å². The summed E-state index contributed by atoms with van der Waals surface area (Å²) in [6.45, 7) is 4.60. The largest absolute Gasteiger partial charge is 0.0654 e. The lowest BCUT2D eigenvalue weighted by molar-refractivity contribution is 0.435. The van der Waals surface area contributed by atoms with Crippen LogP contribution in [-0.4, -0.2) is 0 Å². The van der Waals surface area contributed by atoms with Crippen molar-refractivity contribution < 1.29 is 0 Å². The molecule has 0 bridgehead atoms. The fraction of sp³-hybridized carbons (Fsp3) is 0.818. The fourth-order valence-corrected chi connectivity index (χ4v) is 6.08. The number of rotatable bonds is 13. The van der Waals surface area contributed by atoms with Crippen molar-refractivity contribution in [2.24, 2.45) is 11.8 Å². The van der Waals surface area contributed by atoms with Crippen molar-refractivity contribution in [1.29, 1.82) is 0 Å². The SMILES string of the molecule is CCCCCCC1CC(Br)=C1CCC1=C(Br)CC1CCCCCC. The number of allylic oxidation sites excluding steroid dienone is 4. The molecule has 2 rings (SSSR count). The number of hydrogen-bond donors (Lipinski definition) is 0. The molecular formula is C22H36Br2. The zero-order valence-corrected chi connectivity index (χ0v) is 19.0. The number of unbranched alkanes of at least 4 members (excludes halogenated alkanes) is 6. The minimum absolute atomic E-state index is 0.888. The molecule has 0 saturated carbocycles. The van der Waals surface area contributed by atoms with Gasteiger partial charge in [0, 0.05) is 0 Å². The molecule has 0 nitrogen and oxygen atoms in total. The summed E-state index contributed by atoms with van der Waals surface area (Å²) in [5.74, 6) is 1.78. The highest BCUT2D eigenvalue weighted by molar-refractivity contribution is 9.12. The first-order valence-electron chi connectivity index (χ1n) is 10.4. The summed E-state index contributed by atoms with van der Waals surface area (Å²) in [5, 5.41) is 0. The molecule has 0 aliphatic heterocycles. The molecule has 0 aromatic carbocycles. The molecular weight excluding hydrogens is 424 g/mol. The van der Waals surface area contributed by atoms with Crippen LogP contribution in [0.1, 0.15) is 104 Å². The fourth-order valence-electron chi connectivity index (χ4n) is 4.26. The summed E-state index contributed by atoms with van der Waals surface area (Å²) in [4.78, 5) is 0. The minimum atomic E-state index is 0.888. The van der Waals surface area contributed by atoms with E-state index in [9.17, 15) is 0 Å². The second-order valence-corrected chi connectivity index (χ2v) is 9.78. The highest BCUT2D eigenvalue weighted by atomic mass is 79.9. The Morgan fingerprint density at radius 1 is 0.667 bits per heavy atom. The molecule has 2 aliphatic carbocycles. The van der Waals surface area contributed by atoms with Crippen LogP contribution in [0.5, 0.6) is 0 Å². The minimum Gasteiger partial charge on any atom is -0.0654 e. The zero-order chi connectivity index (χ0) is 17.4. The van der Waals surface area contributed by atoms with Gasteiger partial charge in [0.15, 0.2) is 0 Å². The van der Waals surface area contributed by atoms with E-state index in [2.05, 4.69) is 45.7 Å². The van der Waals surface area contributed by atoms with Crippen molar-refractivity contribution >= 4 is 31.9 Å². The molecule has 0 radical (unpaired) electrons. The third-order valence-corrected chi connectivity index (χ3v) is 7.68. The quantitative estimate of drug-likeness (QED) is 0.241. The Morgan fingerprint density at radius 2 is 1.08 bits per heavy atom. The molecule has 2 heteroatoms. The van der Waals surface area contributed by atoms with E-state index in [-0.39, 0.29) is 0 Å². The average molecular weight is 460 g/mol. The third kappa shape index (κ3) is 6.01. The monoisotopic (exact) mass is 458 g/mol. The van der Waals surface area contributed by atoms with Gasteiger partial charge in [0.05, 0.1) is 0 Å². The van der Waals surface area contributed by atoms with Crippen molar-refractivity contribution in [3.05, 3.63) is 20.1 Å². The van der Waals surface area contributed by atoms with Gasteiger partial charge in [0.2, 0.25) is 0 Å². The molecule has 2 atom stereocenters. The predicted octanol–water partition coefficient (Wildman–Crippen LogP) is 9.05. The summed E-state index contributed by atoms with van der Waals surface area (Å²) in [5.41, 5.74) is 3.49. The second-order valence-electron chi connectivity index (χ2n) is 7.86. The van der Waals surface area contributed by atoms with Crippen LogP contribution in [0.25, 0.3) is 0 Å². The van der Waals surface area contributed by atoms with Gasteiger partial charge >= 0.3 is 0 Å².